The van der Waals surface area contributed by atoms with Gasteiger partial charge in [0.2, 0.25) is 0 Å². The number of aliphatic hydroxyl groups is 1. The lowest BCUT2D eigenvalue weighted by atomic mass is 9.45. The van der Waals surface area contributed by atoms with Crippen molar-refractivity contribution in [2.24, 2.45) is 28.6 Å². The first kappa shape index (κ1) is 24.0. The van der Waals surface area contributed by atoms with Crippen LogP contribution in [0.4, 0.5) is 0 Å². The third-order valence-corrected chi connectivity index (χ3v) is 8.55. The molecule has 6 heteroatoms. The van der Waals surface area contributed by atoms with Crippen LogP contribution in [0.1, 0.15) is 79.1 Å². The number of ether oxygens (including phenoxy) is 2. The molecule has 0 saturated heterocycles. The summed E-state index contributed by atoms with van der Waals surface area (Å²) in [4.78, 5) is 36.7. The second-order valence-corrected chi connectivity index (χ2v) is 10.8. The number of esters is 2. The van der Waals surface area contributed by atoms with Gasteiger partial charge in [0, 0.05) is 11.8 Å². The third kappa shape index (κ3) is 4.46. The molecule has 174 valence electrons. The summed E-state index contributed by atoms with van der Waals surface area (Å²) in [5.41, 5.74) is -0.414. The van der Waals surface area contributed by atoms with Crippen molar-refractivity contribution in [2.45, 2.75) is 84.7 Å². The van der Waals surface area contributed by atoms with Gasteiger partial charge < -0.3 is 14.6 Å². The second kappa shape index (κ2) is 8.68. The molecule has 0 aromatic heterocycles. The fraction of sp³-hybridized carbons (Fsp3) is 0.800. The lowest BCUT2D eigenvalue weighted by Gasteiger charge is -2.59. The number of carbonyl (C=O) groups is 3. The Hall–Kier alpha value is -1.69. The zero-order valence-corrected chi connectivity index (χ0v) is 19.7. The lowest BCUT2D eigenvalue weighted by Crippen LogP contribution is -2.56. The fourth-order valence-corrected chi connectivity index (χ4v) is 6.40. The van der Waals surface area contributed by atoms with E-state index in [1.165, 1.54) is 7.11 Å². The summed E-state index contributed by atoms with van der Waals surface area (Å²) in [5.74, 6) is -0.350. The Morgan fingerprint density at radius 1 is 1.16 bits per heavy atom. The van der Waals surface area contributed by atoms with Crippen molar-refractivity contribution in [3.05, 3.63) is 11.6 Å². The molecule has 5 atom stereocenters. The molecule has 2 saturated carbocycles. The van der Waals surface area contributed by atoms with Crippen LogP contribution in [0, 0.1) is 28.6 Å². The van der Waals surface area contributed by atoms with Gasteiger partial charge in [-0.05, 0) is 60.5 Å². The molecule has 3 rings (SSSR count). The molecular weight excluding hydrogens is 396 g/mol. The van der Waals surface area contributed by atoms with Gasteiger partial charge in [-0.2, -0.15) is 0 Å². The molecule has 3 aliphatic rings. The summed E-state index contributed by atoms with van der Waals surface area (Å²) in [6, 6.07) is 0. The zero-order chi connectivity index (χ0) is 23.0. The van der Waals surface area contributed by atoms with E-state index in [9.17, 15) is 19.5 Å². The minimum atomic E-state index is -0.905. The normalized spacial score (nSPS) is 37.5. The van der Waals surface area contributed by atoms with E-state index < -0.39 is 17.5 Å². The minimum absolute atomic E-state index is 0.00686. The first-order chi connectivity index (χ1) is 14.4. The van der Waals surface area contributed by atoms with Crippen LogP contribution in [0.25, 0.3) is 0 Å². The van der Waals surface area contributed by atoms with Crippen molar-refractivity contribution in [2.75, 3.05) is 13.7 Å². The van der Waals surface area contributed by atoms with E-state index in [0.29, 0.717) is 12.8 Å². The quantitative estimate of drug-likeness (QED) is 0.636. The number of fused-ring (bicyclic) bond motifs is 3. The first-order valence-corrected chi connectivity index (χ1v) is 11.7. The Bertz CT molecular complexity index is 770. The third-order valence-electron chi connectivity index (χ3n) is 8.55. The van der Waals surface area contributed by atoms with Gasteiger partial charge in [-0.1, -0.05) is 34.1 Å². The number of carbonyl (C=O) groups excluding carboxylic acids is 3. The molecule has 0 bridgehead atoms. The maximum Gasteiger partial charge on any atom is 0.306 e. The van der Waals surface area contributed by atoms with Crippen LogP contribution in [-0.2, 0) is 23.9 Å². The molecule has 1 N–H and O–H groups in total. The Balaban J connectivity index is 1.78. The Kier molecular flexibility index (Phi) is 6.71. The van der Waals surface area contributed by atoms with E-state index in [1.54, 1.807) is 0 Å². The topological polar surface area (TPSA) is 89.9 Å². The molecule has 0 radical (unpaired) electrons. The number of allylic oxidation sites excluding steroid dienone is 1. The van der Waals surface area contributed by atoms with Crippen LogP contribution in [0.2, 0.25) is 0 Å². The highest BCUT2D eigenvalue weighted by Crippen LogP contribution is 2.62. The zero-order valence-electron chi connectivity index (χ0n) is 19.7. The fourth-order valence-electron chi connectivity index (χ4n) is 6.40. The SMILES string of the molecule is COC(=O)CCC(=O)OCC1(C)CCCC2(C)C3CCC(O)(C(C)C)C=C3C(=O)CC12. The van der Waals surface area contributed by atoms with Gasteiger partial charge in [0.25, 0.3) is 0 Å². The van der Waals surface area contributed by atoms with Crippen LogP contribution in [0.3, 0.4) is 0 Å². The Morgan fingerprint density at radius 3 is 2.48 bits per heavy atom. The molecule has 0 spiro atoms. The van der Waals surface area contributed by atoms with E-state index in [1.807, 2.05) is 19.9 Å². The highest BCUT2D eigenvalue weighted by atomic mass is 16.5. The largest absolute Gasteiger partial charge is 0.469 e. The smallest absolute Gasteiger partial charge is 0.306 e. The predicted octanol–water partition coefficient (Wildman–Crippen LogP) is 3.99. The molecular formula is C25H38O6. The van der Waals surface area contributed by atoms with Crippen molar-refractivity contribution in [3.8, 4) is 0 Å². The number of hydrogen-bond acceptors (Lipinski definition) is 6. The van der Waals surface area contributed by atoms with Crippen molar-refractivity contribution in [1.82, 2.24) is 0 Å². The van der Waals surface area contributed by atoms with Crippen molar-refractivity contribution in [1.29, 1.82) is 0 Å². The number of methoxy groups -OCH3 is 1. The molecule has 5 unspecified atom stereocenters. The molecule has 3 aliphatic carbocycles. The van der Waals surface area contributed by atoms with E-state index >= 15 is 0 Å². The van der Waals surface area contributed by atoms with Crippen LogP contribution in [0.15, 0.2) is 11.6 Å². The van der Waals surface area contributed by atoms with Crippen LogP contribution in [-0.4, -0.2) is 42.1 Å². The van der Waals surface area contributed by atoms with E-state index in [4.69, 9.17) is 4.74 Å². The summed E-state index contributed by atoms with van der Waals surface area (Å²) in [6.07, 6.45) is 6.79. The minimum Gasteiger partial charge on any atom is -0.469 e. The number of rotatable bonds is 6. The maximum absolute atomic E-state index is 13.2. The molecule has 31 heavy (non-hydrogen) atoms. The highest BCUT2D eigenvalue weighted by Gasteiger charge is 2.58. The Morgan fingerprint density at radius 2 is 1.84 bits per heavy atom. The Labute approximate surface area is 185 Å². The maximum atomic E-state index is 13.2. The number of hydrogen-bond donors (Lipinski definition) is 1. The summed E-state index contributed by atoms with van der Waals surface area (Å²) in [6.45, 7) is 8.70. The molecule has 2 fully saturated rings. The van der Waals surface area contributed by atoms with Crippen LogP contribution < -0.4 is 0 Å². The summed E-state index contributed by atoms with van der Waals surface area (Å²) >= 11 is 0. The molecule has 0 aliphatic heterocycles. The van der Waals surface area contributed by atoms with Gasteiger partial charge in [0.15, 0.2) is 5.78 Å². The second-order valence-electron chi connectivity index (χ2n) is 10.8. The van der Waals surface area contributed by atoms with Gasteiger partial charge >= 0.3 is 11.9 Å². The van der Waals surface area contributed by atoms with Gasteiger partial charge in [-0.3, -0.25) is 14.4 Å². The predicted molar refractivity (Wildman–Crippen MR) is 116 cm³/mol. The average molecular weight is 435 g/mol. The molecule has 0 aromatic carbocycles. The van der Waals surface area contributed by atoms with E-state index in [-0.39, 0.29) is 53.8 Å². The standard InChI is InChI=1S/C25H38O6/c1-16(2)25(29)12-9-18-17(14-25)19(26)13-20-23(3,10-6-11-24(18,20)4)15-31-22(28)8-7-21(27)30-5/h14,16,18,20,29H,6-13,15H2,1-5H3. The van der Waals surface area contributed by atoms with Gasteiger partial charge in [-0.25, -0.2) is 0 Å². The molecule has 0 heterocycles. The first-order valence-electron chi connectivity index (χ1n) is 11.7. The number of Topliss-reactive ketones (excluding diaryl/α,β-unsaturated/α-hetero) is 1. The lowest BCUT2D eigenvalue weighted by molar-refractivity contribution is -0.159. The van der Waals surface area contributed by atoms with E-state index in [0.717, 1.165) is 31.3 Å². The van der Waals surface area contributed by atoms with Crippen molar-refractivity contribution < 1.29 is 29.0 Å². The van der Waals surface area contributed by atoms with Gasteiger partial charge in [0.1, 0.15) is 0 Å². The van der Waals surface area contributed by atoms with E-state index in [2.05, 4.69) is 18.6 Å². The highest BCUT2D eigenvalue weighted by molar-refractivity contribution is 5.97. The van der Waals surface area contributed by atoms with Crippen LogP contribution in [0.5, 0.6) is 0 Å². The van der Waals surface area contributed by atoms with Gasteiger partial charge in [-0.15, -0.1) is 0 Å². The summed E-state index contributed by atoms with van der Waals surface area (Å²) in [7, 11) is 1.30. The van der Waals surface area contributed by atoms with Crippen molar-refractivity contribution in [3.63, 3.8) is 0 Å². The van der Waals surface area contributed by atoms with Gasteiger partial charge in [0.05, 0.1) is 32.2 Å². The van der Waals surface area contributed by atoms with Crippen LogP contribution >= 0.6 is 0 Å². The molecule has 6 nitrogen and oxygen atoms in total. The summed E-state index contributed by atoms with van der Waals surface area (Å²) in [5, 5.41) is 11.0. The van der Waals surface area contributed by atoms with Crippen molar-refractivity contribution >= 4 is 17.7 Å². The molecule has 0 amide bonds. The average Bonchev–Trinajstić information content (AvgIpc) is 2.72. The summed E-state index contributed by atoms with van der Waals surface area (Å²) < 4.78 is 10.2. The monoisotopic (exact) mass is 434 g/mol. The molecule has 0 aromatic rings. The number of ketones is 1.